The molecule has 4 rings (SSSR count). The van der Waals surface area contributed by atoms with Crippen LogP contribution in [0.5, 0.6) is 0 Å². The number of aromatic nitrogens is 2. The Kier molecular flexibility index (Phi) is 4.90. The summed E-state index contributed by atoms with van der Waals surface area (Å²) in [6.45, 7) is 2.27. The molecular weight excluding hydrogens is 379 g/mol. The molecule has 0 saturated heterocycles. The number of fused-ring (bicyclic) bond motifs is 1. The van der Waals surface area contributed by atoms with Crippen molar-refractivity contribution in [2.45, 2.75) is 32.4 Å². The minimum absolute atomic E-state index is 0.0595. The van der Waals surface area contributed by atoms with Crippen LogP contribution in [0.15, 0.2) is 54.7 Å². The van der Waals surface area contributed by atoms with Gasteiger partial charge in [-0.25, -0.2) is 13.2 Å². The van der Waals surface area contributed by atoms with Crippen LogP contribution in [0, 0.1) is 5.82 Å². The van der Waals surface area contributed by atoms with Crippen molar-refractivity contribution in [2.24, 2.45) is 0 Å². The van der Waals surface area contributed by atoms with Gasteiger partial charge in [0.05, 0.1) is 31.4 Å². The molecule has 0 atom stereocenters. The molecule has 0 bridgehead atoms. The summed E-state index contributed by atoms with van der Waals surface area (Å²) in [5.74, 6) is -3.38. The molecule has 2 heterocycles. The second-order valence-electron chi connectivity index (χ2n) is 7.32. The Hall–Kier alpha value is -3.09. The molecule has 0 saturated carbocycles. The highest BCUT2D eigenvalue weighted by Crippen LogP contribution is 2.29. The fraction of sp³-hybridized carbons (Fsp3) is 0.273. The van der Waals surface area contributed by atoms with Gasteiger partial charge in [0.15, 0.2) is 0 Å². The Balaban J connectivity index is 1.52. The van der Waals surface area contributed by atoms with E-state index in [2.05, 4.69) is 5.10 Å². The van der Waals surface area contributed by atoms with Gasteiger partial charge in [-0.3, -0.25) is 9.48 Å². The maximum Gasteiger partial charge on any atom is 0.270 e. The number of nitrogens with zero attached hydrogens (tertiary/aromatic N) is 3. The number of benzene rings is 2. The lowest BCUT2D eigenvalue weighted by atomic mass is 10.0. The van der Waals surface area contributed by atoms with Crippen molar-refractivity contribution in [2.75, 3.05) is 6.54 Å². The summed E-state index contributed by atoms with van der Waals surface area (Å²) in [5, 5.41) is 4.37. The number of alkyl halides is 2. The Bertz CT molecular complexity index is 1040. The summed E-state index contributed by atoms with van der Waals surface area (Å²) in [6, 6.07) is 12.1. The standard InChI is InChI=1S/C22H20F3N3O/c1-22(24,25)17-4-2-3-15(11-17)12-21(29)27-9-10-28-20(14-27)19(13-26-28)16-5-7-18(23)8-6-16/h2-8,11,13H,9-10,12,14H2,1H3. The Morgan fingerprint density at radius 3 is 2.62 bits per heavy atom. The Morgan fingerprint density at radius 1 is 1.14 bits per heavy atom. The first-order chi connectivity index (χ1) is 13.8. The monoisotopic (exact) mass is 399 g/mol. The quantitative estimate of drug-likeness (QED) is 0.653. The lowest BCUT2D eigenvalue weighted by Gasteiger charge is -2.28. The minimum atomic E-state index is -2.94. The SMILES string of the molecule is CC(F)(F)c1cccc(CC(=O)N2CCn3ncc(-c4ccc(F)cc4)c3C2)c1. The van der Waals surface area contributed by atoms with E-state index >= 15 is 0 Å². The van der Waals surface area contributed by atoms with Crippen molar-refractivity contribution < 1.29 is 18.0 Å². The van der Waals surface area contributed by atoms with Crippen LogP contribution < -0.4 is 0 Å². The van der Waals surface area contributed by atoms with Crippen LogP contribution in [0.3, 0.4) is 0 Å². The molecule has 2 aromatic carbocycles. The van der Waals surface area contributed by atoms with Crippen LogP contribution in [0.2, 0.25) is 0 Å². The molecule has 4 nitrogen and oxygen atoms in total. The maximum absolute atomic E-state index is 13.6. The molecule has 150 valence electrons. The number of halogens is 3. The van der Waals surface area contributed by atoms with Crippen LogP contribution in [0.25, 0.3) is 11.1 Å². The van der Waals surface area contributed by atoms with E-state index in [0.717, 1.165) is 23.7 Å². The fourth-order valence-electron chi connectivity index (χ4n) is 3.57. The van der Waals surface area contributed by atoms with E-state index in [1.54, 1.807) is 35.4 Å². The third kappa shape index (κ3) is 4.04. The molecule has 0 unspecified atom stereocenters. The Labute approximate surface area is 166 Å². The number of rotatable bonds is 4. The van der Waals surface area contributed by atoms with Gasteiger partial charge < -0.3 is 4.90 Å². The highest BCUT2D eigenvalue weighted by Gasteiger charge is 2.26. The van der Waals surface area contributed by atoms with Gasteiger partial charge in [-0.1, -0.05) is 30.3 Å². The van der Waals surface area contributed by atoms with E-state index in [1.165, 1.54) is 24.3 Å². The summed E-state index contributed by atoms with van der Waals surface area (Å²) in [5.41, 5.74) is 3.03. The lowest BCUT2D eigenvalue weighted by molar-refractivity contribution is -0.132. The van der Waals surface area contributed by atoms with E-state index in [1.807, 2.05) is 4.68 Å². The number of hydrogen-bond donors (Lipinski definition) is 0. The molecule has 0 spiro atoms. The first-order valence-electron chi connectivity index (χ1n) is 9.37. The smallest absolute Gasteiger partial charge is 0.270 e. The summed E-state index contributed by atoms with van der Waals surface area (Å²) >= 11 is 0. The van der Waals surface area contributed by atoms with Gasteiger partial charge in [0.2, 0.25) is 5.91 Å². The van der Waals surface area contributed by atoms with Gasteiger partial charge in [-0.05, 0) is 29.3 Å². The van der Waals surface area contributed by atoms with Gasteiger partial charge in [0.1, 0.15) is 5.82 Å². The zero-order valence-corrected chi connectivity index (χ0v) is 15.9. The predicted molar refractivity (Wildman–Crippen MR) is 103 cm³/mol. The highest BCUT2D eigenvalue weighted by atomic mass is 19.3. The van der Waals surface area contributed by atoms with E-state index in [-0.39, 0.29) is 23.7 Å². The number of amides is 1. The van der Waals surface area contributed by atoms with Crippen LogP contribution in [0.1, 0.15) is 23.7 Å². The van der Waals surface area contributed by atoms with E-state index in [9.17, 15) is 18.0 Å². The summed E-state index contributed by atoms with van der Waals surface area (Å²) in [7, 11) is 0. The third-order valence-corrected chi connectivity index (χ3v) is 5.17. The molecule has 1 aliphatic rings. The van der Waals surface area contributed by atoms with Crippen molar-refractivity contribution in [1.82, 2.24) is 14.7 Å². The molecule has 1 amide bonds. The van der Waals surface area contributed by atoms with Gasteiger partial charge in [-0.15, -0.1) is 0 Å². The normalized spacial score (nSPS) is 14.0. The second-order valence-corrected chi connectivity index (χ2v) is 7.32. The van der Waals surface area contributed by atoms with Crippen LogP contribution in [-0.2, 0) is 30.2 Å². The van der Waals surface area contributed by atoms with Crippen molar-refractivity contribution in [3.8, 4) is 11.1 Å². The van der Waals surface area contributed by atoms with Gasteiger partial charge >= 0.3 is 0 Å². The molecule has 0 aliphatic carbocycles. The zero-order valence-electron chi connectivity index (χ0n) is 15.9. The lowest BCUT2D eigenvalue weighted by Crippen LogP contribution is -2.39. The molecule has 0 radical (unpaired) electrons. The third-order valence-electron chi connectivity index (χ3n) is 5.17. The molecule has 0 fully saturated rings. The number of hydrogen-bond acceptors (Lipinski definition) is 2. The molecular formula is C22H20F3N3O. The predicted octanol–water partition coefficient (Wildman–Crippen LogP) is 4.39. The van der Waals surface area contributed by atoms with Gasteiger partial charge in [-0.2, -0.15) is 5.10 Å². The topological polar surface area (TPSA) is 38.1 Å². The highest BCUT2D eigenvalue weighted by molar-refractivity contribution is 5.79. The van der Waals surface area contributed by atoms with Crippen molar-refractivity contribution >= 4 is 5.91 Å². The average molecular weight is 399 g/mol. The first-order valence-corrected chi connectivity index (χ1v) is 9.37. The molecule has 7 heteroatoms. The Morgan fingerprint density at radius 2 is 1.90 bits per heavy atom. The maximum atomic E-state index is 13.6. The van der Waals surface area contributed by atoms with Gasteiger partial charge in [0.25, 0.3) is 5.92 Å². The van der Waals surface area contributed by atoms with Gasteiger partial charge in [0, 0.05) is 24.6 Å². The number of carbonyl (C=O) groups excluding carboxylic acids is 1. The zero-order chi connectivity index (χ0) is 20.6. The molecule has 0 N–H and O–H groups in total. The molecule has 3 aromatic rings. The fourth-order valence-corrected chi connectivity index (χ4v) is 3.57. The molecule has 1 aromatic heterocycles. The summed E-state index contributed by atoms with van der Waals surface area (Å²) < 4.78 is 42.2. The largest absolute Gasteiger partial charge is 0.335 e. The second kappa shape index (κ2) is 7.39. The minimum Gasteiger partial charge on any atom is -0.335 e. The number of carbonyl (C=O) groups is 1. The first kappa shape index (κ1) is 19.2. The van der Waals surface area contributed by atoms with Crippen molar-refractivity contribution in [3.05, 3.63) is 77.4 Å². The van der Waals surface area contributed by atoms with Crippen LogP contribution in [-0.4, -0.2) is 27.1 Å². The molecule has 1 aliphatic heterocycles. The van der Waals surface area contributed by atoms with Crippen molar-refractivity contribution in [1.29, 1.82) is 0 Å². The summed E-state index contributed by atoms with van der Waals surface area (Å²) in [6.07, 6.45) is 1.79. The van der Waals surface area contributed by atoms with E-state index in [0.29, 0.717) is 25.2 Å². The summed E-state index contributed by atoms with van der Waals surface area (Å²) in [4.78, 5) is 14.5. The van der Waals surface area contributed by atoms with E-state index in [4.69, 9.17) is 0 Å². The van der Waals surface area contributed by atoms with E-state index < -0.39 is 5.92 Å². The molecule has 29 heavy (non-hydrogen) atoms. The average Bonchev–Trinajstić information content (AvgIpc) is 3.11. The van der Waals surface area contributed by atoms with Crippen LogP contribution >= 0.6 is 0 Å². The van der Waals surface area contributed by atoms with Crippen LogP contribution in [0.4, 0.5) is 13.2 Å². The van der Waals surface area contributed by atoms with Crippen molar-refractivity contribution in [3.63, 3.8) is 0 Å².